The number of likely N-dealkylation sites (tertiary alicyclic amines) is 1. The first kappa shape index (κ1) is 35.9. The van der Waals surface area contributed by atoms with Crippen LogP contribution in [0.2, 0.25) is 0 Å². The summed E-state index contributed by atoms with van der Waals surface area (Å²) in [7, 11) is 1.41. The molecule has 1 aromatic heterocycles. The van der Waals surface area contributed by atoms with E-state index in [2.05, 4.69) is 31.2 Å². The summed E-state index contributed by atoms with van der Waals surface area (Å²) in [4.78, 5) is 90.1. The Kier molecular flexibility index (Phi) is 11.7. The molecule has 3 aliphatic rings. The topological polar surface area (TPSA) is 189 Å². The van der Waals surface area contributed by atoms with E-state index in [0.29, 0.717) is 13.0 Å². The molecule has 7 atom stereocenters. The molecule has 14 heteroatoms. The quantitative estimate of drug-likeness (QED) is 0.211. The fourth-order valence-corrected chi connectivity index (χ4v) is 6.54. The van der Waals surface area contributed by atoms with Crippen LogP contribution in [-0.2, 0) is 28.7 Å². The molecule has 1 saturated heterocycles. The van der Waals surface area contributed by atoms with Gasteiger partial charge < -0.3 is 30.9 Å². The summed E-state index contributed by atoms with van der Waals surface area (Å²) in [6, 6.07) is -4.10. The maximum Gasteiger partial charge on any atom is 0.289 e. The van der Waals surface area contributed by atoms with Crippen molar-refractivity contribution in [3.63, 3.8) is 0 Å². The standard InChI is InChI=1S/C33H49N7O7/c1-7-9-22(26(41)31(45)36-20-12-13-20)37-30(44)25-21-11-8-10-19(21)17-40(25)32(46)27(33(3,4)5)39-29(43)24(18(2)47-6)38-28(42)23-16-34-14-15-35-23/h14-16,18-22,24-25,27H,7-13,17H2,1-6H3,(H,36,45)(H,37,44)(H,38,42)(H,39,43)/t18?,19-,21-,22?,24-,25-,27+/m0/s1. The minimum atomic E-state index is -1.17. The van der Waals surface area contributed by atoms with Crippen LogP contribution in [0.15, 0.2) is 18.6 Å². The lowest BCUT2D eigenvalue weighted by Gasteiger charge is -2.37. The highest BCUT2D eigenvalue weighted by Crippen LogP contribution is 2.43. The van der Waals surface area contributed by atoms with Crippen molar-refractivity contribution in [3.8, 4) is 0 Å². The molecule has 2 saturated carbocycles. The average Bonchev–Trinajstić information content (AvgIpc) is 3.61. The number of methoxy groups -OCH3 is 1. The summed E-state index contributed by atoms with van der Waals surface area (Å²) in [6.07, 6.45) is 8.33. The third-order valence-corrected chi connectivity index (χ3v) is 9.39. The number of nitrogens with one attached hydrogen (secondary N) is 4. The maximum absolute atomic E-state index is 14.4. The number of hydrogen-bond acceptors (Lipinski definition) is 9. The van der Waals surface area contributed by atoms with Crippen LogP contribution >= 0.6 is 0 Å². The van der Waals surface area contributed by atoms with Gasteiger partial charge in [0.2, 0.25) is 23.5 Å². The first-order valence-corrected chi connectivity index (χ1v) is 16.6. The molecule has 4 rings (SSSR count). The zero-order chi connectivity index (χ0) is 34.5. The summed E-state index contributed by atoms with van der Waals surface area (Å²) in [6.45, 7) is 9.25. The zero-order valence-corrected chi connectivity index (χ0v) is 28.2. The lowest BCUT2D eigenvalue weighted by Crippen LogP contribution is -2.62. The number of Topliss-reactive ketones (excluding diaryl/α,β-unsaturated/α-hetero) is 1. The molecule has 2 aliphatic carbocycles. The molecule has 14 nitrogen and oxygen atoms in total. The second kappa shape index (κ2) is 15.3. The molecule has 47 heavy (non-hydrogen) atoms. The predicted octanol–water partition coefficient (Wildman–Crippen LogP) is 0.901. The molecule has 0 aromatic carbocycles. The minimum absolute atomic E-state index is 0.00275. The van der Waals surface area contributed by atoms with Crippen LogP contribution < -0.4 is 21.3 Å². The smallest absolute Gasteiger partial charge is 0.289 e. The van der Waals surface area contributed by atoms with Crippen molar-refractivity contribution < 1.29 is 33.5 Å². The summed E-state index contributed by atoms with van der Waals surface area (Å²) in [5, 5.41) is 11.0. The van der Waals surface area contributed by atoms with E-state index in [1.165, 1.54) is 30.6 Å². The molecule has 1 aromatic rings. The van der Waals surface area contributed by atoms with E-state index in [4.69, 9.17) is 4.74 Å². The summed E-state index contributed by atoms with van der Waals surface area (Å²) < 4.78 is 5.40. The molecule has 3 fully saturated rings. The average molecular weight is 656 g/mol. The molecule has 1 aliphatic heterocycles. The number of carbonyl (C=O) groups excluding carboxylic acids is 6. The van der Waals surface area contributed by atoms with Crippen LogP contribution in [0.25, 0.3) is 0 Å². The van der Waals surface area contributed by atoms with Gasteiger partial charge >= 0.3 is 0 Å². The van der Waals surface area contributed by atoms with E-state index in [-0.39, 0.29) is 30.0 Å². The lowest BCUT2D eigenvalue weighted by molar-refractivity contribution is -0.146. The van der Waals surface area contributed by atoms with Crippen LogP contribution in [0.3, 0.4) is 0 Å². The van der Waals surface area contributed by atoms with Crippen molar-refractivity contribution in [3.05, 3.63) is 24.3 Å². The van der Waals surface area contributed by atoms with Crippen molar-refractivity contribution in [1.82, 2.24) is 36.1 Å². The zero-order valence-electron chi connectivity index (χ0n) is 28.2. The van der Waals surface area contributed by atoms with E-state index in [1.54, 1.807) is 6.92 Å². The first-order valence-electron chi connectivity index (χ1n) is 16.6. The number of fused-ring (bicyclic) bond motifs is 1. The normalized spacial score (nSPS) is 23.1. The number of hydrogen-bond donors (Lipinski definition) is 4. The van der Waals surface area contributed by atoms with Gasteiger partial charge in [-0.15, -0.1) is 0 Å². The summed E-state index contributed by atoms with van der Waals surface area (Å²) in [5.74, 6) is -3.59. The van der Waals surface area contributed by atoms with Crippen LogP contribution in [0.1, 0.15) is 90.1 Å². The Bertz CT molecular complexity index is 1330. The van der Waals surface area contributed by atoms with Gasteiger partial charge in [0.1, 0.15) is 23.8 Å². The van der Waals surface area contributed by atoms with Crippen molar-refractivity contribution in [2.24, 2.45) is 17.3 Å². The number of rotatable bonds is 14. The Morgan fingerprint density at radius 3 is 2.34 bits per heavy atom. The first-order chi connectivity index (χ1) is 22.3. The molecular formula is C33H49N7O7. The predicted molar refractivity (Wildman–Crippen MR) is 170 cm³/mol. The van der Waals surface area contributed by atoms with Crippen molar-refractivity contribution in [2.75, 3.05) is 13.7 Å². The highest BCUT2D eigenvalue weighted by Gasteiger charge is 2.52. The number of amides is 5. The molecule has 5 amide bonds. The number of ketones is 1. The Labute approximate surface area is 275 Å². The summed E-state index contributed by atoms with van der Waals surface area (Å²) >= 11 is 0. The minimum Gasteiger partial charge on any atom is -0.379 e. The van der Waals surface area contributed by atoms with Crippen LogP contribution in [0.5, 0.6) is 0 Å². The highest BCUT2D eigenvalue weighted by atomic mass is 16.5. The Balaban J connectivity index is 1.55. The van der Waals surface area contributed by atoms with Gasteiger partial charge in [0.15, 0.2) is 0 Å². The molecule has 2 unspecified atom stereocenters. The third-order valence-electron chi connectivity index (χ3n) is 9.39. The fourth-order valence-electron chi connectivity index (χ4n) is 6.54. The van der Waals surface area contributed by atoms with Crippen molar-refractivity contribution in [1.29, 1.82) is 0 Å². The van der Waals surface area contributed by atoms with E-state index in [1.807, 2.05) is 27.7 Å². The van der Waals surface area contributed by atoms with Gasteiger partial charge in [0.05, 0.1) is 18.3 Å². The van der Waals surface area contributed by atoms with Gasteiger partial charge in [0.25, 0.3) is 11.8 Å². The molecule has 0 radical (unpaired) electrons. The van der Waals surface area contributed by atoms with Gasteiger partial charge in [-0.25, -0.2) is 4.98 Å². The lowest BCUT2D eigenvalue weighted by atomic mass is 9.85. The fraction of sp³-hybridized carbons (Fsp3) is 0.697. The maximum atomic E-state index is 14.4. The van der Waals surface area contributed by atoms with Gasteiger partial charge in [0, 0.05) is 32.1 Å². The number of carbonyl (C=O) groups is 6. The van der Waals surface area contributed by atoms with Gasteiger partial charge in [-0.05, 0) is 56.3 Å². The van der Waals surface area contributed by atoms with E-state index in [9.17, 15) is 28.8 Å². The SMILES string of the molecule is CCCC(NC(=O)[C@@H]1[C@H]2CCC[C@H]2CN1C(=O)[C@@H](NC(=O)[C@@H](NC(=O)c1cnccn1)C(C)OC)C(C)(C)C)C(=O)C(=O)NC1CC1. The van der Waals surface area contributed by atoms with Crippen LogP contribution in [-0.4, -0.2) is 100 Å². The Morgan fingerprint density at radius 2 is 1.74 bits per heavy atom. The Hall–Kier alpha value is -3.94. The van der Waals surface area contributed by atoms with E-state index < -0.39 is 71.0 Å². The molecule has 258 valence electrons. The number of nitrogens with zero attached hydrogens (tertiary/aromatic N) is 3. The summed E-state index contributed by atoms with van der Waals surface area (Å²) in [5.41, 5.74) is -0.776. The second-order valence-electron chi connectivity index (χ2n) is 14.0. The second-order valence-corrected chi connectivity index (χ2v) is 14.0. The largest absolute Gasteiger partial charge is 0.379 e. The van der Waals surface area contributed by atoms with Gasteiger partial charge in [-0.3, -0.25) is 33.8 Å². The van der Waals surface area contributed by atoms with E-state index in [0.717, 1.165) is 32.1 Å². The number of ether oxygens (including phenoxy) is 1. The molecule has 0 bridgehead atoms. The molecule has 2 heterocycles. The highest BCUT2D eigenvalue weighted by molar-refractivity contribution is 6.38. The number of aromatic nitrogens is 2. The monoisotopic (exact) mass is 655 g/mol. The van der Waals surface area contributed by atoms with Crippen molar-refractivity contribution >= 4 is 35.3 Å². The van der Waals surface area contributed by atoms with E-state index >= 15 is 0 Å². The molecular weight excluding hydrogens is 606 g/mol. The van der Waals surface area contributed by atoms with Gasteiger partial charge in [-0.2, -0.15) is 0 Å². The molecule has 4 N–H and O–H groups in total. The van der Waals surface area contributed by atoms with Crippen molar-refractivity contribution in [2.45, 2.75) is 116 Å². The van der Waals surface area contributed by atoms with Gasteiger partial charge in [-0.1, -0.05) is 40.5 Å². The van der Waals surface area contributed by atoms with Crippen LogP contribution in [0.4, 0.5) is 0 Å². The van der Waals surface area contributed by atoms with Crippen LogP contribution in [0, 0.1) is 17.3 Å². The Morgan fingerprint density at radius 1 is 1.02 bits per heavy atom. The molecule has 0 spiro atoms. The third kappa shape index (κ3) is 8.70.